The molecule has 1 aliphatic rings. The van der Waals surface area contributed by atoms with Crippen LogP contribution >= 0.6 is 11.6 Å². The number of benzene rings is 1. The number of Topliss-reactive ketones (excluding diaryl/α,β-unsaturated/α-hetero) is 2. The molecular weight excluding hydrogens is 276 g/mol. The second-order valence-corrected chi connectivity index (χ2v) is 5.62. The molecule has 2 rings (SSSR count). The van der Waals surface area contributed by atoms with Crippen LogP contribution in [-0.4, -0.2) is 49.8 Å². The van der Waals surface area contributed by atoms with Gasteiger partial charge in [0.25, 0.3) is 0 Å². The molecule has 1 N–H and O–H groups in total. The van der Waals surface area contributed by atoms with Gasteiger partial charge in [-0.15, -0.1) is 11.6 Å². The first-order chi connectivity index (χ1) is 9.52. The molecule has 106 valence electrons. The van der Waals surface area contributed by atoms with Crippen LogP contribution in [0, 0.1) is 0 Å². The summed E-state index contributed by atoms with van der Waals surface area (Å²) in [5.74, 6) is -0.462. The minimum atomic E-state index is -0.955. The van der Waals surface area contributed by atoms with Crippen LogP contribution in [0.2, 0.25) is 0 Å². The quantitative estimate of drug-likeness (QED) is 0.655. The number of carbonyl (C=O) groups is 2. The molecule has 1 atom stereocenters. The lowest BCUT2D eigenvalue weighted by Crippen LogP contribution is -3.05. The van der Waals surface area contributed by atoms with Crippen molar-refractivity contribution in [1.29, 1.82) is 0 Å². The number of alkyl halides is 1. The highest BCUT2D eigenvalue weighted by Gasteiger charge is 2.36. The van der Waals surface area contributed by atoms with E-state index >= 15 is 0 Å². The highest BCUT2D eigenvalue weighted by atomic mass is 35.5. The number of halogens is 1. The van der Waals surface area contributed by atoms with Crippen LogP contribution in [0.15, 0.2) is 29.3 Å². The summed E-state index contributed by atoms with van der Waals surface area (Å²) in [6, 6.07) is 6.76. The highest BCUT2D eigenvalue weighted by Crippen LogP contribution is 2.23. The molecule has 0 radical (unpaired) electrons. The Morgan fingerprint density at radius 2 is 1.85 bits per heavy atom. The van der Waals surface area contributed by atoms with Crippen LogP contribution in [-0.2, 0) is 0 Å². The zero-order chi connectivity index (χ0) is 14.7. The molecule has 0 unspecified atom stereocenters. The summed E-state index contributed by atoms with van der Waals surface area (Å²) in [5, 5.41) is -0.955. The monoisotopic (exact) mass is 293 g/mol. The maximum atomic E-state index is 12.3. The van der Waals surface area contributed by atoms with E-state index in [4.69, 9.17) is 11.6 Å². The van der Waals surface area contributed by atoms with Gasteiger partial charge in [-0.2, -0.15) is 0 Å². The molecule has 0 bridgehead atoms. The predicted octanol–water partition coefficient (Wildman–Crippen LogP) is 0.649. The Bertz CT molecular complexity index is 567. The summed E-state index contributed by atoms with van der Waals surface area (Å²) in [5.41, 5.74) is 0.990. The SMILES string of the molecule is C[NH+](C)CCCN=C1C(=O)c2ccccc2C(=O)[C@@H]1Cl. The van der Waals surface area contributed by atoms with Gasteiger partial charge >= 0.3 is 0 Å². The molecule has 0 aliphatic heterocycles. The lowest BCUT2D eigenvalue weighted by atomic mass is 9.88. The van der Waals surface area contributed by atoms with Crippen LogP contribution in [0.25, 0.3) is 0 Å². The first kappa shape index (κ1) is 14.9. The fraction of sp³-hybridized carbons (Fsp3) is 0.400. The summed E-state index contributed by atoms with van der Waals surface area (Å²) < 4.78 is 0. The van der Waals surface area contributed by atoms with Gasteiger partial charge in [0.15, 0.2) is 5.78 Å². The van der Waals surface area contributed by atoms with Crippen LogP contribution in [0.4, 0.5) is 0 Å². The Morgan fingerprint density at radius 1 is 1.20 bits per heavy atom. The van der Waals surface area contributed by atoms with Gasteiger partial charge in [0.05, 0.1) is 20.6 Å². The molecule has 20 heavy (non-hydrogen) atoms. The topological polar surface area (TPSA) is 50.9 Å². The molecule has 1 aromatic rings. The molecule has 0 saturated heterocycles. The Hall–Kier alpha value is -1.52. The number of carbonyl (C=O) groups excluding carboxylic acids is 2. The van der Waals surface area contributed by atoms with Gasteiger partial charge in [-0.25, -0.2) is 0 Å². The average Bonchev–Trinajstić information content (AvgIpc) is 2.44. The summed E-state index contributed by atoms with van der Waals surface area (Å²) >= 11 is 6.09. The minimum Gasteiger partial charge on any atom is -0.340 e. The normalized spacial score (nSPS) is 20.6. The second kappa shape index (κ2) is 6.29. The third-order valence-electron chi connectivity index (χ3n) is 3.26. The zero-order valence-corrected chi connectivity index (χ0v) is 12.4. The standard InChI is InChI=1S/C15H17ClN2O2/c1-18(2)9-5-8-17-13-12(16)14(19)10-6-3-4-7-11(10)15(13)20/h3-4,6-7,12H,5,8-9H2,1-2H3/p+1/t12-/m1/s1. The molecule has 0 spiro atoms. The zero-order valence-electron chi connectivity index (χ0n) is 11.6. The Labute approximate surface area is 123 Å². The molecule has 4 nitrogen and oxygen atoms in total. The Kier molecular flexibility index (Phi) is 4.68. The predicted molar refractivity (Wildman–Crippen MR) is 79.3 cm³/mol. The van der Waals surface area contributed by atoms with Gasteiger partial charge in [0.2, 0.25) is 5.78 Å². The van der Waals surface area contributed by atoms with Crippen molar-refractivity contribution < 1.29 is 14.5 Å². The maximum Gasteiger partial charge on any atom is 0.209 e. The van der Waals surface area contributed by atoms with Crippen LogP contribution in [0.3, 0.4) is 0 Å². The van der Waals surface area contributed by atoms with Crippen molar-refractivity contribution in [2.75, 3.05) is 27.2 Å². The van der Waals surface area contributed by atoms with E-state index in [1.54, 1.807) is 24.3 Å². The summed E-state index contributed by atoms with van der Waals surface area (Å²) in [7, 11) is 4.12. The van der Waals surface area contributed by atoms with Crippen molar-refractivity contribution in [3.05, 3.63) is 35.4 Å². The van der Waals surface area contributed by atoms with E-state index in [-0.39, 0.29) is 17.3 Å². The van der Waals surface area contributed by atoms with Crippen molar-refractivity contribution in [2.45, 2.75) is 11.8 Å². The van der Waals surface area contributed by atoms with Crippen molar-refractivity contribution in [1.82, 2.24) is 0 Å². The minimum absolute atomic E-state index is 0.184. The summed E-state index contributed by atoms with van der Waals surface area (Å²) in [4.78, 5) is 30.1. The van der Waals surface area contributed by atoms with E-state index in [0.29, 0.717) is 17.7 Å². The fourth-order valence-corrected chi connectivity index (χ4v) is 2.48. The van der Waals surface area contributed by atoms with E-state index in [1.807, 2.05) is 0 Å². The molecule has 1 aliphatic carbocycles. The lowest BCUT2D eigenvalue weighted by Gasteiger charge is -2.19. The first-order valence-corrected chi connectivity index (χ1v) is 7.11. The van der Waals surface area contributed by atoms with Crippen LogP contribution < -0.4 is 4.90 Å². The number of nitrogens with one attached hydrogen (secondary N) is 1. The maximum absolute atomic E-state index is 12.3. The molecule has 0 aromatic heterocycles. The van der Waals surface area contributed by atoms with Crippen molar-refractivity contribution in [3.8, 4) is 0 Å². The number of hydrogen-bond donors (Lipinski definition) is 1. The van der Waals surface area contributed by atoms with Gasteiger partial charge in [0, 0.05) is 24.1 Å². The molecular formula is C15H18ClN2O2+. The Morgan fingerprint density at radius 3 is 2.50 bits per heavy atom. The average molecular weight is 294 g/mol. The Balaban J connectivity index is 2.21. The van der Waals surface area contributed by atoms with Gasteiger partial charge in [-0.05, 0) is 0 Å². The largest absolute Gasteiger partial charge is 0.340 e. The van der Waals surface area contributed by atoms with Gasteiger partial charge in [-0.3, -0.25) is 14.6 Å². The number of aliphatic imine (C=N–C) groups is 1. The van der Waals surface area contributed by atoms with Crippen molar-refractivity contribution >= 4 is 28.9 Å². The van der Waals surface area contributed by atoms with Crippen molar-refractivity contribution in [3.63, 3.8) is 0 Å². The van der Waals surface area contributed by atoms with Gasteiger partial charge in [0.1, 0.15) is 11.1 Å². The molecule has 0 saturated carbocycles. The van der Waals surface area contributed by atoms with E-state index in [9.17, 15) is 9.59 Å². The fourth-order valence-electron chi connectivity index (χ4n) is 2.19. The van der Waals surface area contributed by atoms with Crippen LogP contribution in [0.5, 0.6) is 0 Å². The molecule has 5 heteroatoms. The molecule has 0 heterocycles. The molecule has 0 fully saturated rings. The lowest BCUT2D eigenvalue weighted by molar-refractivity contribution is -0.858. The number of quaternary nitrogens is 1. The molecule has 0 amide bonds. The smallest absolute Gasteiger partial charge is 0.209 e. The van der Waals surface area contributed by atoms with Crippen LogP contribution in [0.1, 0.15) is 27.1 Å². The first-order valence-electron chi connectivity index (χ1n) is 6.67. The number of hydrogen-bond acceptors (Lipinski definition) is 3. The third kappa shape index (κ3) is 2.97. The third-order valence-corrected chi connectivity index (χ3v) is 3.66. The summed E-state index contributed by atoms with van der Waals surface area (Å²) in [6.45, 7) is 1.48. The van der Waals surface area contributed by atoms with E-state index in [2.05, 4.69) is 19.1 Å². The number of nitrogens with zero attached hydrogens (tertiary/aromatic N) is 1. The number of rotatable bonds is 4. The number of ketones is 2. The van der Waals surface area contributed by atoms with Gasteiger partial charge in [-0.1, -0.05) is 24.3 Å². The number of fused-ring (bicyclic) bond motifs is 1. The van der Waals surface area contributed by atoms with E-state index < -0.39 is 5.38 Å². The van der Waals surface area contributed by atoms with E-state index in [1.165, 1.54) is 4.90 Å². The second-order valence-electron chi connectivity index (χ2n) is 5.18. The summed E-state index contributed by atoms with van der Waals surface area (Å²) in [6.07, 6.45) is 0.860. The van der Waals surface area contributed by atoms with Gasteiger partial charge < -0.3 is 4.90 Å². The molecule has 1 aromatic carbocycles. The van der Waals surface area contributed by atoms with E-state index in [0.717, 1.165) is 13.0 Å². The van der Waals surface area contributed by atoms with Crippen molar-refractivity contribution in [2.24, 2.45) is 4.99 Å². The highest BCUT2D eigenvalue weighted by molar-refractivity contribution is 6.64.